The SMILES string of the molecule is COc1ccc(OC)c(CN(CCO)C(=O)c2cc(C)n(-c3ccccc3)n2)c1. The Bertz CT molecular complexity index is 969. The Morgan fingerprint density at radius 3 is 2.52 bits per heavy atom. The van der Waals surface area contributed by atoms with E-state index in [1.54, 1.807) is 42.0 Å². The molecule has 1 heterocycles. The fourth-order valence-electron chi connectivity index (χ4n) is 3.16. The number of carbonyl (C=O) groups is 1. The molecule has 7 heteroatoms. The van der Waals surface area contributed by atoms with Gasteiger partial charge in [-0.2, -0.15) is 5.10 Å². The molecule has 0 saturated heterocycles. The summed E-state index contributed by atoms with van der Waals surface area (Å²) in [6.45, 7) is 2.18. The van der Waals surface area contributed by atoms with Crippen LogP contribution in [0.1, 0.15) is 21.7 Å². The summed E-state index contributed by atoms with van der Waals surface area (Å²) in [5.74, 6) is 1.05. The van der Waals surface area contributed by atoms with Crippen LogP contribution in [-0.4, -0.2) is 53.1 Å². The Hall–Kier alpha value is -3.32. The van der Waals surface area contributed by atoms with Gasteiger partial charge >= 0.3 is 0 Å². The maximum Gasteiger partial charge on any atom is 0.274 e. The van der Waals surface area contributed by atoms with Crippen molar-refractivity contribution >= 4 is 5.91 Å². The number of aliphatic hydroxyl groups is 1. The summed E-state index contributed by atoms with van der Waals surface area (Å²) in [6.07, 6.45) is 0. The van der Waals surface area contributed by atoms with Gasteiger partial charge in [0.05, 0.1) is 26.5 Å². The summed E-state index contributed by atoms with van der Waals surface area (Å²) < 4.78 is 12.4. The highest BCUT2D eigenvalue weighted by molar-refractivity contribution is 5.92. The average Bonchev–Trinajstić information content (AvgIpc) is 3.15. The molecule has 0 aliphatic heterocycles. The molecule has 0 aliphatic rings. The van der Waals surface area contributed by atoms with Crippen LogP contribution in [0.4, 0.5) is 0 Å². The highest BCUT2D eigenvalue weighted by Gasteiger charge is 2.21. The minimum absolute atomic E-state index is 0.156. The van der Waals surface area contributed by atoms with E-state index in [9.17, 15) is 9.90 Å². The van der Waals surface area contributed by atoms with Crippen molar-refractivity contribution in [2.75, 3.05) is 27.4 Å². The van der Waals surface area contributed by atoms with Gasteiger partial charge in [-0.25, -0.2) is 4.68 Å². The van der Waals surface area contributed by atoms with Crippen molar-refractivity contribution in [2.45, 2.75) is 13.5 Å². The van der Waals surface area contributed by atoms with Crippen LogP contribution in [0.5, 0.6) is 11.5 Å². The monoisotopic (exact) mass is 395 g/mol. The van der Waals surface area contributed by atoms with E-state index in [4.69, 9.17) is 9.47 Å². The van der Waals surface area contributed by atoms with E-state index in [0.717, 1.165) is 16.9 Å². The van der Waals surface area contributed by atoms with Crippen LogP contribution < -0.4 is 9.47 Å². The lowest BCUT2D eigenvalue weighted by Gasteiger charge is -2.22. The second-order valence-electron chi connectivity index (χ2n) is 6.55. The van der Waals surface area contributed by atoms with E-state index in [0.29, 0.717) is 17.2 Å². The van der Waals surface area contributed by atoms with Crippen molar-refractivity contribution in [3.05, 3.63) is 71.5 Å². The van der Waals surface area contributed by atoms with Gasteiger partial charge in [0.25, 0.3) is 5.91 Å². The summed E-state index contributed by atoms with van der Waals surface area (Å²) in [5, 5.41) is 14.0. The van der Waals surface area contributed by atoms with Gasteiger partial charge in [-0.3, -0.25) is 4.79 Å². The van der Waals surface area contributed by atoms with Crippen LogP contribution in [0.15, 0.2) is 54.6 Å². The van der Waals surface area contributed by atoms with Gasteiger partial charge in [0.1, 0.15) is 11.5 Å². The predicted octanol–water partition coefficient (Wildman–Crippen LogP) is 2.83. The zero-order valence-electron chi connectivity index (χ0n) is 16.8. The molecule has 1 N–H and O–H groups in total. The van der Waals surface area contributed by atoms with Crippen molar-refractivity contribution in [1.29, 1.82) is 0 Å². The van der Waals surface area contributed by atoms with Crippen LogP contribution >= 0.6 is 0 Å². The molecule has 0 spiro atoms. The number of nitrogens with zero attached hydrogens (tertiary/aromatic N) is 3. The van der Waals surface area contributed by atoms with Crippen molar-refractivity contribution in [1.82, 2.24) is 14.7 Å². The smallest absolute Gasteiger partial charge is 0.274 e. The lowest BCUT2D eigenvalue weighted by Crippen LogP contribution is -2.33. The number of benzene rings is 2. The molecule has 0 bridgehead atoms. The third kappa shape index (κ3) is 4.57. The maximum absolute atomic E-state index is 13.2. The van der Waals surface area contributed by atoms with Crippen molar-refractivity contribution < 1.29 is 19.4 Å². The number of rotatable bonds is 8. The molecule has 0 saturated carbocycles. The molecule has 0 unspecified atom stereocenters. The minimum atomic E-state index is -0.262. The Morgan fingerprint density at radius 2 is 1.86 bits per heavy atom. The van der Waals surface area contributed by atoms with Crippen LogP contribution in [0, 0.1) is 6.92 Å². The number of aliphatic hydroxyl groups excluding tert-OH is 1. The van der Waals surface area contributed by atoms with Crippen LogP contribution in [0.3, 0.4) is 0 Å². The first-order chi connectivity index (χ1) is 14.1. The number of carbonyl (C=O) groups excluding carboxylic acids is 1. The lowest BCUT2D eigenvalue weighted by atomic mass is 10.1. The van der Waals surface area contributed by atoms with Crippen molar-refractivity contribution in [3.8, 4) is 17.2 Å². The quantitative estimate of drug-likeness (QED) is 0.635. The van der Waals surface area contributed by atoms with E-state index in [-0.39, 0.29) is 25.6 Å². The summed E-state index contributed by atoms with van der Waals surface area (Å²) in [6, 6.07) is 16.8. The van der Waals surface area contributed by atoms with Crippen molar-refractivity contribution in [2.24, 2.45) is 0 Å². The van der Waals surface area contributed by atoms with E-state index < -0.39 is 0 Å². The average molecular weight is 395 g/mol. The third-order valence-corrected chi connectivity index (χ3v) is 4.61. The Kier molecular flexibility index (Phi) is 6.51. The first kappa shape index (κ1) is 20.4. The van der Waals surface area contributed by atoms with E-state index in [1.165, 1.54) is 0 Å². The second kappa shape index (κ2) is 9.25. The first-order valence-electron chi connectivity index (χ1n) is 9.30. The van der Waals surface area contributed by atoms with Gasteiger partial charge in [-0.05, 0) is 43.3 Å². The Morgan fingerprint density at radius 1 is 1.10 bits per heavy atom. The number of amides is 1. The highest BCUT2D eigenvalue weighted by Crippen LogP contribution is 2.26. The fraction of sp³-hybridized carbons (Fsp3) is 0.273. The number of methoxy groups -OCH3 is 2. The van der Waals surface area contributed by atoms with Gasteiger partial charge in [0.15, 0.2) is 5.69 Å². The van der Waals surface area contributed by atoms with Crippen molar-refractivity contribution in [3.63, 3.8) is 0 Å². The number of aryl methyl sites for hydroxylation is 1. The zero-order chi connectivity index (χ0) is 20.8. The van der Waals surface area contributed by atoms with Gasteiger partial charge in [-0.1, -0.05) is 18.2 Å². The Labute approximate surface area is 170 Å². The molecule has 0 atom stereocenters. The lowest BCUT2D eigenvalue weighted by molar-refractivity contribution is 0.0700. The molecule has 2 aromatic carbocycles. The maximum atomic E-state index is 13.2. The number of ether oxygens (including phenoxy) is 2. The molecule has 1 amide bonds. The number of aromatic nitrogens is 2. The molecule has 0 radical (unpaired) electrons. The fourth-order valence-corrected chi connectivity index (χ4v) is 3.16. The van der Waals surface area contributed by atoms with Gasteiger partial charge < -0.3 is 19.5 Å². The molecule has 29 heavy (non-hydrogen) atoms. The minimum Gasteiger partial charge on any atom is -0.497 e. The number of hydrogen-bond acceptors (Lipinski definition) is 5. The van der Waals surface area contributed by atoms with E-state index in [2.05, 4.69) is 5.10 Å². The summed E-state index contributed by atoms with van der Waals surface area (Å²) >= 11 is 0. The van der Waals surface area contributed by atoms with Gasteiger partial charge in [-0.15, -0.1) is 0 Å². The predicted molar refractivity (Wildman–Crippen MR) is 110 cm³/mol. The standard InChI is InChI=1S/C22H25N3O4/c1-16-13-20(23-25(16)18-7-5-4-6-8-18)22(27)24(11-12-26)15-17-14-19(28-2)9-10-21(17)29-3/h4-10,13-14,26H,11-12,15H2,1-3H3. The molecular weight excluding hydrogens is 370 g/mol. The van der Waals surface area contributed by atoms with Gasteiger partial charge in [0, 0.05) is 24.3 Å². The van der Waals surface area contributed by atoms with Gasteiger partial charge in [0.2, 0.25) is 0 Å². The summed E-state index contributed by atoms with van der Waals surface area (Å²) in [5.41, 5.74) is 2.84. The molecule has 7 nitrogen and oxygen atoms in total. The normalized spacial score (nSPS) is 10.6. The van der Waals surface area contributed by atoms with Crippen LogP contribution in [0.2, 0.25) is 0 Å². The number of hydrogen-bond donors (Lipinski definition) is 1. The summed E-state index contributed by atoms with van der Waals surface area (Å²) in [7, 11) is 3.16. The van der Waals surface area contributed by atoms with E-state index in [1.807, 2.05) is 43.3 Å². The van der Waals surface area contributed by atoms with Crippen LogP contribution in [0.25, 0.3) is 5.69 Å². The molecule has 0 fully saturated rings. The highest BCUT2D eigenvalue weighted by atomic mass is 16.5. The largest absolute Gasteiger partial charge is 0.497 e. The molecule has 0 aliphatic carbocycles. The van der Waals surface area contributed by atoms with Crippen LogP contribution in [-0.2, 0) is 6.54 Å². The first-order valence-corrected chi connectivity index (χ1v) is 9.30. The summed E-state index contributed by atoms with van der Waals surface area (Å²) in [4.78, 5) is 14.7. The topological polar surface area (TPSA) is 76.8 Å². The molecule has 3 rings (SSSR count). The zero-order valence-corrected chi connectivity index (χ0v) is 16.8. The molecular formula is C22H25N3O4. The van der Waals surface area contributed by atoms with E-state index >= 15 is 0 Å². The Balaban J connectivity index is 1.89. The molecule has 152 valence electrons. The molecule has 3 aromatic rings. The number of para-hydroxylation sites is 1. The third-order valence-electron chi connectivity index (χ3n) is 4.61. The molecule has 1 aromatic heterocycles. The second-order valence-corrected chi connectivity index (χ2v) is 6.55.